The Morgan fingerprint density at radius 2 is 1.88 bits per heavy atom. The van der Waals surface area contributed by atoms with Crippen molar-refractivity contribution in [1.29, 1.82) is 0 Å². The van der Waals surface area contributed by atoms with Crippen LogP contribution in [0.15, 0.2) is 35.8 Å². The van der Waals surface area contributed by atoms with E-state index in [1.54, 1.807) is 40.7 Å². The van der Waals surface area contributed by atoms with Crippen LogP contribution in [0.2, 0.25) is 5.02 Å². The molecular weight excluding hydrogens is 462 g/mol. The molecule has 1 aliphatic heterocycles. The molecule has 1 unspecified atom stereocenters. The Hall–Kier alpha value is -2.65. The molecule has 1 saturated heterocycles. The fourth-order valence-electron chi connectivity index (χ4n) is 4.51. The predicted molar refractivity (Wildman–Crippen MR) is 129 cm³/mol. The number of rotatable bonds is 6. The number of amides is 4. The van der Waals surface area contributed by atoms with Crippen molar-refractivity contribution in [2.45, 2.75) is 44.6 Å². The maximum atomic E-state index is 13.2. The molecule has 4 amide bonds. The van der Waals surface area contributed by atoms with Crippen molar-refractivity contribution >= 4 is 51.6 Å². The lowest BCUT2D eigenvalue weighted by Crippen LogP contribution is -2.59. The summed E-state index contributed by atoms with van der Waals surface area (Å²) in [7, 11) is 0. The first-order valence-corrected chi connectivity index (χ1v) is 12.6. The minimum Gasteiger partial charge on any atom is -0.327 e. The van der Waals surface area contributed by atoms with Crippen LogP contribution in [0.5, 0.6) is 0 Å². The second-order valence-electron chi connectivity index (χ2n) is 8.53. The Labute approximate surface area is 202 Å². The molecule has 2 heterocycles. The molecule has 1 atom stereocenters. The number of benzene rings is 1. The number of thiazole rings is 1. The summed E-state index contributed by atoms with van der Waals surface area (Å²) in [6.07, 6.45) is 8.00. The van der Waals surface area contributed by atoms with E-state index in [0.29, 0.717) is 41.3 Å². The highest BCUT2D eigenvalue weighted by Crippen LogP contribution is 2.30. The minimum absolute atomic E-state index is 0.0644. The Morgan fingerprint density at radius 3 is 2.55 bits per heavy atom. The van der Waals surface area contributed by atoms with E-state index in [4.69, 9.17) is 11.6 Å². The zero-order chi connectivity index (χ0) is 23.2. The smallest absolute Gasteiger partial charge is 0.322 e. The van der Waals surface area contributed by atoms with Gasteiger partial charge in [-0.25, -0.2) is 9.78 Å². The van der Waals surface area contributed by atoms with Crippen LogP contribution in [0.1, 0.15) is 38.5 Å². The Balaban J connectivity index is 1.41. The Bertz CT molecular complexity index is 963. The number of nitrogens with zero attached hydrogens (tertiary/aromatic N) is 3. The average Bonchev–Trinajstić information content (AvgIpc) is 3.33. The van der Waals surface area contributed by atoms with Crippen LogP contribution in [0.3, 0.4) is 0 Å². The highest BCUT2D eigenvalue weighted by Gasteiger charge is 2.37. The number of hydrogen-bond acceptors (Lipinski definition) is 5. The van der Waals surface area contributed by atoms with Crippen LogP contribution in [0.4, 0.5) is 15.6 Å². The molecule has 2 fully saturated rings. The van der Waals surface area contributed by atoms with Crippen molar-refractivity contribution in [3.63, 3.8) is 0 Å². The van der Waals surface area contributed by atoms with Crippen molar-refractivity contribution in [1.82, 2.24) is 14.8 Å². The summed E-state index contributed by atoms with van der Waals surface area (Å²) in [5, 5.41) is 8.58. The number of hydrogen-bond donors (Lipinski definition) is 2. The normalized spacial score (nSPS) is 18.2. The molecule has 2 aromatic rings. The Kier molecular flexibility index (Phi) is 7.82. The average molecular weight is 490 g/mol. The zero-order valence-electron chi connectivity index (χ0n) is 18.3. The van der Waals surface area contributed by atoms with Crippen molar-refractivity contribution in [3.8, 4) is 0 Å². The first kappa shape index (κ1) is 23.5. The Morgan fingerprint density at radius 1 is 1.12 bits per heavy atom. The third-order valence-corrected chi connectivity index (χ3v) is 7.20. The number of aromatic nitrogens is 1. The van der Waals surface area contributed by atoms with Gasteiger partial charge in [0.1, 0.15) is 12.6 Å². The van der Waals surface area contributed by atoms with E-state index in [-0.39, 0.29) is 24.4 Å². The number of carbonyl (C=O) groups excluding carboxylic acids is 3. The van der Waals surface area contributed by atoms with Gasteiger partial charge in [-0.2, -0.15) is 0 Å². The molecule has 2 aliphatic rings. The van der Waals surface area contributed by atoms with Gasteiger partial charge in [0, 0.05) is 35.4 Å². The van der Waals surface area contributed by atoms with Crippen LogP contribution in [-0.4, -0.2) is 58.3 Å². The molecule has 8 nitrogen and oxygen atoms in total. The molecule has 10 heteroatoms. The van der Waals surface area contributed by atoms with E-state index in [1.165, 1.54) is 22.7 Å². The van der Waals surface area contributed by atoms with Crippen LogP contribution in [0, 0.1) is 5.92 Å². The number of urea groups is 1. The molecule has 0 bridgehead atoms. The summed E-state index contributed by atoms with van der Waals surface area (Å²) in [5.41, 5.74) is 0.609. The molecule has 176 valence electrons. The SMILES string of the molecule is O=C(Nc1nccs1)C(CC1CCCCC1)N1CCN(C(=O)Nc2ccc(Cl)cc2)CC1=O. The van der Waals surface area contributed by atoms with E-state index in [9.17, 15) is 14.4 Å². The molecular formula is C23H28ClN5O3S. The van der Waals surface area contributed by atoms with Crippen LogP contribution < -0.4 is 10.6 Å². The summed E-state index contributed by atoms with van der Waals surface area (Å²) < 4.78 is 0. The van der Waals surface area contributed by atoms with Gasteiger partial charge in [0.25, 0.3) is 0 Å². The number of carbonyl (C=O) groups is 3. The van der Waals surface area contributed by atoms with E-state index in [2.05, 4.69) is 15.6 Å². The summed E-state index contributed by atoms with van der Waals surface area (Å²) in [5.74, 6) is -0.00429. The van der Waals surface area contributed by atoms with Gasteiger partial charge >= 0.3 is 6.03 Å². The molecule has 0 spiro atoms. The first-order chi connectivity index (χ1) is 16.0. The fourth-order valence-corrected chi connectivity index (χ4v) is 5.17. The number of piperazine rings is 1. The van der Waals surface area contributed by atoms with E-state index in [0.717, 1.165) is 25.7 Å². The molecule has 1 aliphatic carbocycles. The third-order valence-electron chi connectivity index (χ3n) is 6.26. The molecule has 0 radical (unpaired) electrons. The second kappa shape index (κ2) is 11.0. The van der Waals surface area contributed by atoms with Gasteiger partial charge in [0.05, 0.1) is 0 Å². The maximum Gasteiger partial charge on any atom is 0.322 e. The quantitative estimate of drug-likeness (QED) is 0.626. The lowest BCUT2D eigenvalue weighted by molar-refractivity contribution is -0.142. The molecule has 4 rings (SSSR count). The predicted octanol–water partition coefficient (Wildman–Crippen LogP) is 4.45. The van der Waals surface area contributed by atoms with E-state index < -0.39 is 6.04 Å². The van der Waals surface area contributed by atoms with Crippen LogP contribution in [-0.2, 0) is 9.59 Å². The fraction of sp³-hybridized carbons (Fsp3) is 0.478. The second-order valence-corrected chi connectivity index (χ2v) is 9.86. The van der Waals surface area contributed by atoms with Gasteiger partial charge in [0.2, 0.25) is 11.8 Å². The molecule has 1 aromatic carbocycles. The summed E-state index contributed by atoms with van der Waals surface area (Å²) in [4.78, 5) is 46.2. The van der Waals surface area contributed by atoms with Crippen LogP contribution in [0.25, 0.3) is 0 Å². The number of anilines is 2. The molecule has 1 saturated carbocycles. The van der Waals surface area contributed by atoms with E-state index in [1.807, 2.05) is 0 Å². The van der Waals surface area contributed by atoms with Crippen molar-refractivity contribution in [2.24, 2.45) is 5.92 Å². The van der Waals surface area contributed by atoms with Gasteiger partial charge in [-0.05, 0) is 36.6 Å². The summed E-state index contributed by atoms with van der Waals surface area (Å²) in [6.45, 7) is 0.609. The van der Waals surface area contributed by atoms with E-state index >= 15 is 0 Å². The molecule has 33 heavy (non-hydrogen) atoms. The summed E-state index contributed by atoms with van der Waals surface area (Å²) in [6, 6.07) is 5.89. The molecule has 1 aromatic heterocycles. The van der Waals surface area contributed by atoms with Crippen molar-refractivity contribution in [3.05, 3.63) is 40.9 Å². The third kappa shape index (κ3) is 6.23. The lowest BCUT2D eigenvalue weighted by Gasteiger charge is -2.39. The lowest BCUT2D eigenvalue weighted by atomic mass is 9.84. The topological polar surface area (TPSA) is 94.6 Å². The van der Waals surface area contributed by atoms with Gasteiger partial charge in [-0.15, -0.1) is 11.3 Å². The first-order valence-electron chi connectivity index (χ1n) is 11.3. The van der Waals surface area contributed by atoms with Crippen LogP contribution >= 0.6 is 22.9 Å². The highest BCUT2D eigenvalue weighted by molar-refractivity contribution is 7.13. The van der Waals surface area contributed by atoms with Gasteiger partial charge in [0.15, 0.2) is 5.13 Å². The molecule has 2 N–H and O–H groups in total. The maximum absolute atomic E-state index is 13.2. The minimum atomic E-state index is -0.564. The van der Waals surface area contributed by atoms with Gasteiger partial charge in [-0.1, -0.05) is 43.7 Å². The highest BCUT2D eigenvalue weighted by atomic mass is 35.5. The van der Waals surface area contributed by atoms with Gasteiger partial charge in [-0.3, -0.25) is 9.59 Å². The number of nitrogens with one attached hydrogen (secondary N) is 2. The van der Waals surface area contributed by atoms with Gasteiger partial charge < -0.3 is 20.4 Å². The monoisotopic (exact) mass is 489 g/mol. The van der Waals surface area contributed by atoms with Crippen molar-refractivity contribution < 1.29 is 14.4 Å². The standard InChI is InChI=1S/C23H28ClN5O3S/c24-17-6-8-18(9-7-17)26-23(32)28-11-12-29(20(30)15-28)19(14-16-4-2-1-3-5-16)21(31)27-22-25-10-13-33-22/h6-10,13,16,19H,1-5,11-12,14-15H2,(H,26,32)(H,25,27,31). The van der Waals surface area contributed by atoms with Crippen molar-refractivity contribution in [2.75, 3.05) is 30.3 Å². The summed E-state index contributed by atoms with van der Waals surface area (Å²) >= 11 is 7.24. The zero-order valence-corrected chi connectivity index (χ0v) is 19.9. The number of halogens is 1. The largest absolute Gasteiger partial charge is 0.327 e.